The molecule has 8 nitrogen and oxygen atoms in total. The Morgan fingerprint density at radius 1 is 1.13 bits per heavy atom. The van der Waals surface area contributed by atoms with Crippen LogP contribution in [0.15, 0.2) is 42.6 Å². The van der Waals surface area contributed by atoms with Crippen LogP contribution >= 0.6 is 11.3 Å². The highest BCUT2D eigenvalue weighted by molar-refractivity contribution is 7.21. The number of anilines is 1. The second kappa shape index (κ2) is 9.74. The Morgan fingerprint density at radius 2 is 1.97 bits per heavy atom. The summed E-state index contributed by atoms with van der Waals surface area (Å²) in [4.78, 5) is 38.6. The van der Waals surface area contributed by atoms with Crippen molar-refractivity contribution in [2.75, 3.05) is 38.2 Å². The van der Waals surface area contributed by atoms with Gasteiger partial charge in [-0.1, -0.05) is 23.5 Å². The number of amides is 2. The molecular weight excluding hydrogens is 414 g/mol. The predicted molar refractivity (Wildman–Crippen MR) is 120 cm³/mol. The molecular formula is C22H25N5O3S. The standard InChI is InChI=1S/C22H25N5O3S/c1-30-17-5-2-4-16(14-17)15-24-19(28)7-8-20(29)26-10-12-27(13-11-26)22-25-18-6-3-9-23-21(18)31-22/h2-6,9,14H,7-8,10-13,15H2,1H3,(H,24,28). The van der Waals surface area contributed by atoms with E-state index in [4.69, 9.17) is 4.74 Å². The molecule has 1 fully saturated rings. The van der Waals surface area contributed by atoms with Gasteiger partial charge < -0.3 is 19.9 Å². The number of rotatable bonds is 7. The van der Waals surface area contributed by atoms with E-state index < -0.39 is 0 Å². The molecule has 1 aromatic carbocycles. The first kappa shape index (κ1) is 21.0. The van der Waals surface area contributed by atoms with E-state index in [-0.39, 0.29) is 24.7 Å². The molecule has 0 atom stereocenters. The van der Waals surface area contributed by atoms with Gasteiger partial charge in [-0.25, -0.2) is 9.97 Å². The van der Waals surface area contributed by atoms with Gasteiger partial charge in [-0.15, -0.1) is 0 Å². The number of aromatic nitrogens is 2. The van der Waals surface area contributed by atoms with Crippen molar-refractivity contribution in [2.24, 2.45) is 0 Å². The minimum absolute atomic E-state index is 0.0159. The van der Waals surface area contributed by atoms with Crippen molar-refractivity contribution in [1.82, 2.24) is 20.2 Å². The highest BCUT2D eigenvalue weighted by Gasteiger charge is 2.23. The molecule has 0 spiro atoms. The monoisotopic (exact) mass is 439 g/mol. The number of piperazine rings is 1. The first-order valence-corrected chi connectivity index (χ1v) is 11.1. The Kier molecular flexibility index (Phi) is 6.61. The smallest absolute Gasteiger partial charge is 0.223 e. The molecule has 0 saturated carbocycles. The van der Waals surface area contributed by atoms with Gasteiger partial charge in [-0.3, -0.25) is 9.59 Å². The number of benzene rings is 1. The maximum atomic E-state index is 12.5. The molecule has 162 valence electrons. The Hall–Kier alpha value is -3.20. The van der Waals surface area contributed by atoms with Crippen LogP contribution in [0.3, 0.4) is 0 Å². The first-order chi connectivity index (χ1) is 15.1. The van der Waals surface area contributed by atoms with Gasteiger partial charge in [-0.2, -0.15) is 0 Å². The zero-order valence-corrected chi connectivity index (χ0v) is 18.2. The molecule has 4 rings (SSSR count). The summed E-state index contributed by atoms with van der Waals surface area (Å²) in [5.41, 5.74) is 1.86. The summed E-state index contributed by atoms with van der Waals surface area (Å²) < 4.78 is 5.19. The van der Waals surface area contributed by atoms with Crippen molar-refractivity contribution in [1.29, 1.82) is 0 Å². The van der Waals surface area contributed by atoms with Crippen molar-refractivity contribution in [2.45, 2.75) is 19.4 Å². The van der Waals surface area contributed by atoms with Gasteiger partial charge in [0.25, 0.3) is 0 Å². The molecule has 1 aliphatic heterocycles. The van der Waals surface area contributed by atoms with Crippen LogP contribution in [0.4, 0.5) is 5.13 Å². The summed E-state index contributed by atoms with van der Waals surface area (Å²) in [5, 5.41) is 3.81. The Morgan fingerprint density at radius 3 is 2.74 bits per heavy atom. The number of nitrogens with zero attached hydrogens (tertiary/aromatic N) is 4. The molecule has 0 bridgehead atoms. The minimum Gasteiger partial charge on any atom is -0.497 e. The SMILES string of the molecule is COc1cccc(CNC(=O)CCC(=O)N2CCN(c3nc4cccnc4s3)CC2)c1. The Labute approximate surface area is 184 Å². The molecule has 3 heterocycles. The van der Waals surface area contributed by atoms with Gasteiger partial charge in [-0.05, 0) is 29.8 Å². The van der Waals surface area contributed by atoms with Crippen LogP contribution in [0.5, 0.6) is 5.75 Å². The van der Waals surface area contributed by atoms with Crippen molar-refractivity contribution in [3.05, 3.63) is 48.2 Å². The topological polar surface area (TPSA) is 87.7 Å². The summed E-state index contributed by atoms with van der Waals surface area (Å²) in [6.45, 7) is 3.14. The summed E-state index contributed by atoms with van der Waals surface area (Å²) >= 11 is 1.57. The van der Waals surface area contributed by atoms with E-state index in [1.807, 2.05) is 41.3 Å². The van der Waals surface area contributed by atoms with Crippen molar-refractivity contribution < 1.29 is 14.3 Å². The van der Waals surface area contributed by atoms with Crippen molar-refractivity contribution in [3.63, 3.8) is 0 Å². The average Bonchev–Trinajstić information content (AvgIpc) is 3.26. The van der Waals surface area contributed by atoms with Gasteiger partial charge in [0.15, 0.2) is 5.13 Å². The summed E-state index contributed by atoms with van der Waals surface area (Å²) in [7, 11) is 1.61. The average molecular weight is 440 g/mol. The number of fused-ring (bicyclic) bond motifs is 1. The quantitative estimate of drug-likeness (QED) is 0.609. The fourth-order valence-electron chi connectivity index (χ4n) is 3.49. The maximum absolute atomic E-state index is 12.5. The van der Waals surface area contributed by atoms with E-state index in [1.54, 1.807) is 24.6 Å². The molecule has 2 amide bonds. The van der Waals surface area contributed by atoms with Gasteiger partial charge in [0.05, 0.1) is 7.11 Å². The van der Waals surface area contributed by atoms with E-state index in [0.717, 1.165) is 39.9 Å². The zero-order chi connectivity index (χ0) is 21.6. The second-order valence-corrected chi connectivity index (χ2v) is 8.28. The number of methoxy groups -OCH3 is 1. The molecule has 9 heteroatoms. The number of nitrogens with one attached hydrogen (secondary N) is 1. The van der Waals surface area contributed by atoms with E-state index in [1.165, 1.54) is 0 Å². The molecule has 2 aromatic heterocycles. The van der Waals surface area contributed by atoms with Gasteiger partial charge >= 0.3 is 0 Å². The summed E-state index contributed by atoms with van der Waals surface area (Å²) in [6.07, 6.45) is 2.18. The molecule has 3 aromatic rings. The minimum atomic E-state index is -0.128. The molecule has 1 saturated heterocycles. The van der Waals surface area contributed by atoms with Crippen LogP contribution in [0.1, 0.15) is 18.4 Å². The van der Waals surface area contributed by atoms with Crippen molar-refractivity contribution in [3.8, 4) is 5.75 Å². The van der Waals surface area contributed by atoms with Crippen molar-refractivity contribution >= 4 is 38.6 Å². The van der Waals surface area contributed by atoms with Crippen LogP contribution < -0.4 is 15.0 Å². The van der Waals surface area contributed by atoms with Crippen LogP contribution in [-0.2, 0) is 16.1 Å². The molecule has 0 unspecified atom stereocenters. The molecule has 1 aliphatic rings. The lowest BCUT2D eigenvalue weighted by Gasteiger charge is -2.34. The fourth-order valence-corrected chi connectivity index (χ4v) is 4.45. The van der Waals surface area contributed by atoms with Crippen LogP contribution in [0.2, 0.25) is 0 Å². The number of carbonyl (C=O) groups is 2. The Bertz CT molecular complexity index is 1030. The third-order valence-electron chi connectivity index (χ3n) is 5.25. The predicted octanol–water partition coefficient (Wildman–Crippen LogP) is 2.45. The number of ether oxygens (including phenoxy) is 1. The van der Waals surface area contributed by atoms with E-state index in [0.29, 0.717) is 19.6 Å². The summed E-state index contributed by atoms with van der Waals surface area (Å²) in [5.74, 6) is 0.641. The number of carbonyl (C=O) groups excluding carboxylic acids is 2. The maximum Gasteiger partial charge on any atom is 0.223 e. The van der Waals surface area contributed by atoms with E-state index >= 15 is 0 Å². The number of hydrogen-bond donors (Lipinski definition) is 1. The lowest BCUT2D eigenvalue weighted by atomic mass is 10.2. The van der Waals surface area contributed by atoms with Crippen LogP contribution in [0, 0.1) is 0 Å². The molecule has 31 heavy (non-hydrogen) atoms. The number of pyridine rings is 1. The lowest BCUT2D eigenvalue weighted by Crippen LogP contribution is -2.48. The third kappa shape index (κ3) is 5.29. The third-order valence-corrected chi connectivity index (χ3v) is 6.29. The van der Waals surface area contributed by atoms with E-state index in [2.05, 4.69) is 20.2 Å². The van der Waals surface area contributed by atoms with Gasteiger partial charge in [0.2, 0.25) is 11.8 Å². The van der Waals surface area contributed by atoms with Gasteiger partial charge in [0.1, 0.15) is 16.1 Å². The normalized spacial score (nSPS) is 14.0. The molecule has 0 radical (unpaired) electrons. The highest BCUT2D eigenvalue weighted by Crippen LogP contribution is 2.27. The molecule has 1 N–H and O–H groups in total. The molecule has 0 aliphatic carbocycles. The number of thiazole rings is 1. The second-order valence-electron chi connectivity index (χ2n) is 7.32. The largest absolute Gasteiger partial charge is 0.497 e. The van der Waals surface area contributed by atoms with Gasteiger partial charge in [0, 0.05) is 51.8 Å². The van der Waals surface area contributed by atoms with Crippen LogP contribution in [-0.4, -0.2) is 60.0 Å². The zero-order valence-electron chi connectivity index (χ0n) is 17.4. The van der Waals surface area contributed by atoms with Crippen LogP contribution in [0.25, 0.3) is 10.3 Å². The highest BCUT2D eigenvalue weighted by atomic mass is 32.1. The lowest BCUT2D eigenvalue weighted by molar-refractivity contribution is -0.133. The summed E-state index contributed by atoms with van der Waals surface area (Å²) in [6, 6.07) is 11.4. The Balaban J connectivity index is 1.20. The van der Waals surface area contributed by atoms with E-state index in [9.17, 15) is 9.59 Å². The first-order valence-electron chi connectivity index (χ1n) is 10.3. The number of hydrogen-bond acceptors (Lipinski definition) is 7. The fraction of sp³-hybridized carbons (Fsp3) is 0.364.